The van der Waals surface area contributed by atoms with E-state index in [1.807, 2.05) is 0 Å². The zero-order valence-corrected chi connectivity index (χ0v) is 12.8. The lowest BCUT2D eigenvalue weighted by atomic mass is 10.2. The van der Waals surface area contributed by atoms with Crippen molar-refractivity contribution in [3.63, 3.8) is 0 Å². The summed E-state index contributed by atoms with van der Waals surface area (Å²) in [5, 5.41) is 6.36. The van der Waals surface area contributed by atoms with E-state index in [4.69, 9.17) is 9.26 Å². The fraction of sp³-hybridized carbons (Fsp3) is 0.118. The number of aryl methyl sites for hydroxylation is 1. The largest absolute Gasteiger partial charge is 0.484 e. The summed E-state index contributed by atoms with van der Waals surface area (Å²) in [7, 11) is 0. The van der Waals surface area contributed by atoms with E-state index in [-0.39, 0.29) is 18.1 Å². The van der Waals surface area contributed by atoms with Crippen LogP contribution in [0.2, 0.25) is 0 Å². The number of ether oxygens (including phenoxy) is 1. The summed E-state index contributed by atoms with van der Waals surface area (Å²) in [5.74, 6) is 0.682. The van der Waals surface area contributed by atoms with Crippen molar-refractivity contribution in [3.8, 4) is 5.75 Å². The lowest BCUT2D eigenvalue weighted by molar-refractivity contribution is 0.102. The van der Waals surface area contributed by atoms with Crippen molar-refractivity contribution in [1.82, 2.24) is 10.1 Å². The Labute approximate surface area is 137 Å². The summed E-state index contributed by atoms with van der Waals surface area (Å²) in [6.07, 6.45) is 0. The molecule has 1 N–H and O–H groups in total. The van der Waals surface area contributed by atoms with E-state index in [9.17, 15) is 9.18 Å². The number of carbonyl (C=O) groups is 1. The smallest absolute Gasteiger partial charge is 0.264 e. The number of nitrogens with one attached hydrogen (secondary N) is 1. The second-order valence-corrected chi connectivity index (χ2v) is 5.01. The maximum atomic E-state index is 13.1. The molecule has 24 heavy (non-hydrogen) atoms. The van der Waals surface area contributed by atoms with Gasteiger partial charge >= 0.3 is 0 Å². The Balaban J connectivity index is 1.59. The molecule has 1 heterocycles. The number of anilines is 1. The van der Waals surface area contributed by atoms with Crippen LogP contribution in [0.3, 0.4) is 0 Å². The van der Waals surface area contributed by atoms with Gasteiger partial charge in [0.25, 0.3) is 11.8 Å². The first-order chi connectivity index (χ1) is 11.6. The van der Waals surface area contributed by atoms with E-state index < -0.39 is 5.82 Å². The Hall–Kier alpha value is -3.22. The molecule has 0 spiro atoms. The minimum Gasteiger partial charge on any atom is -0.484 e. The van der Waals surface area contributed by atoms with E-state index in [0.29, 0.717) is 23.2 Å². The van der Waals surface area contributed by atoms with Crippen molar-refractivity contribution < 1.29 is 18.4 Å². The van der Waals surface area contributed by atoms with E-state index in [1.165, 1.54) is 18.2 Å². The second kappa shape index (κ2) is 6.91. The number of rotatable bonds is 5. The zero-order chi connectivity index (χ0) is 16.9. The lowest BCUT2D eigenvalue weighted by Gasteiger charge is -2.07. The molecule has 6 nitrogen and oxygen atoms in total. The molecule has 0 saturated carbocycles. The number of hydrogen-bond donors (Lipinski definition) is 1. The number of aromatic nitrogens is 2. The van der Waals surface area contributed by atoms with Gasteiger partial charge in [0.2, 0.25) is 0 Å². The topological polar surface area (TPSA) is 77.3 Å². The standard InChI is InChI=1S/C17H14FN3O3/c1-11-19-16(24-21-11)10-23-15-7-5-14(6-8-15)20-17(22)12-3-2-4-13(18)9-12/h2-9H,10H2,1H3,(H,20,22). The SMILES string of the molecule is Cc1noc(COc2ccc(NC(=O)c3cccc(F)c3)cc2)n1. The third-order valence-corrected chi connectivity index (χ3v) is 3.13. The lowest BCUT2D eigenvalue weighted by Crippen LogP contribution is -2.11. The predicted octanol–water partition coefficient (Wildman–Crippen LogP) is 3.35. The minimum atomic E-state index is -0.456. The maximum Gasteiger partial charge on any atom is 0.264 e. The van der Waals surface area contributed by atoms with Gasteiger partial charge in [0.15, 0.2) is 12.4 Å². The van der Waals surface area contributed by atoms with Crippen LogP contribution in [-0.2, 0) is 6.61 Å². The normalized spacial score (nSPS) is 10.4. The van der Waals surface area contributed by atoms with Gasteiger partial charge in [0.05, 0.1) is 0 Å². The molecule has 3 rings (SSSR count). The number of hydrogen-bond acceptors (Lipinski definition) is 5. The van der Waals surface area contributed by atoms with E-state index in [2.05, 4.69) is 15.5 Å². The van der Waals surface area contributed by atoms with Crippen molar-refractivity contribution in [3.05, 3.63) is 71.6 Å². The molecule has 1 amide bonds. The van der Waals surface area contributed by atoms with Crippen molar-refractivity contribution in [2.45, 2.75) is 13.5 Å². The van der Waals surface area contributed by atoms with Crippen molar-refractivity contribution >= 4 is 11.6 Å². The Bertz CT molecular complexity index is 846. The highest BCUT2D eigenvalue weighted by molar-refractivity contribution is 6.04. The van der Waals surface area contributed by atoms with Crippen LogP contribution in [0.15, 0.2) is 53.1 Å². The molecule has 0 bridgehead atoms. The van der Waals surface area contributed by atoms with Crippen LogP contribution in [0.5, 0.6) is 5.75 Å². The number of halogens is 1. The molecule has 0 aliphatic heterocycles. The summed E-state index contributed by atoms with van der Waals surface area (Å²) in [5.41, 5.74) is 0.826. The Kier molecular flexibility index (Phi) is 4.51. The fourth-order valence-electron chi connectivity index (χ4n) is 2.01. The summed E-state index contributed by atoms with van der Waals surface area (Å²) < 4.78 is 23.6. The van der Waals surface area contributed by atoms with Gasteiger partial charge in [-0.25, -0.2) is 4.39 Å². The van der Waals surface area contributed by atoms with Gasteiger partial charge in [-0.2, -0.15) is 4.98 Å². The van der Waals surface area contributed by atoms with Crippen molar-refractivity contribution in [2.24, 2.45) is 0 Å². The quantitative estimate of drug-likeness (QED) is 0.777. The average molecular weight is 327 g/mol. The second-order valence-electron chi connectivity index (χ2n) is 5.01. The molecular weight excluding hydrogens is 313 g/mol. The van der Waals surface area contributed by atoms with Crippen LogP contribution in [0.1, 0.15) is 22.1 Å². The zero-order valence-electron chi connectivity index (χ0n) is 12.8. The molecule has 0 unspecified atom stereocenters. The molecule has 0 radical (unpaired) electrons. The molecule has 0 saturated heterocycles. The van der Waals surface area contributed by atoms with E-state index >= 15 is 0 Å². The fourth-order valence-corrected chi connectivity index (χ4v) is 2.01. The highest BCUT2D eigenvalue weighted by atomic mass is 19.1. The van der Waals surface area contributed by atoms with Gasteiger partial charge in [-0.1, -0.05) is 11.2 Å². The predicted molar refractivity (Wildman–Crippen MR) is 84.2 cm³/mol. The van der Waals surface area contributed by atoms with Crippen LogP contribution in [-0.4, -0.2) is 16.0 Å². The first-order valence-corrected chi connectivity index (χ1v) is 7.19. The number of carbonyl (C=O) groups excluding carboxylic acids is 1. The molecule has 0 fully saturated rings. The van der Waals surface area contributed by atoms with E-state index in [0.717, 1.165) is 0 Å². The van der Waals surface area contributed by atoms with Crippen LogP contribution in [0.4, 0.5) is 10.1 Å². The Morgan fingerprint density at radius 1 is 1.25 bits per heavy atom. The highest BCUT2D eigenvalue weighted by Crippen LogP contribution is 2.17. The van der Waals surface area contributed by atoms with Crippen LogP contribution >= 0.6 is 0 Å². The number of nitrogens with zero attached hydrogens (tertiary/aromatic N) is 2. The number of benzene rings is 2. The summed E-state index contributed by atoms with van der Waals surface area (Å²) >= 11 is 0. The monoisotopic (exact) mass is 327 g/mol. The van der Waals surface area contributed by atoms with Crippen molar-refractivity contribution in [1.29, 1.82) is 0 Å². The van der Waals surface area contributed by atoms with Crippen LogP contribution < -0.4 is 10.1 Å². The molecule has 1 aromatic heterocycles. The number of amides is 1. The van der Waals surface area contributed by atoms with Crippen molar-refractivity contribution in [2.75, 3.05) is 5.32 Å². The summed E-state index contributed by atoms with van der Waals surface area (Å²) in [6.45, 7) is 1.89. The molecule has 7 heteroatoms. The van der Waals surface area contributed by atoms with Gasteiger partial charge < -0.3 is 14.6 Å². The molecule has 0 atom stereocenters. The molecule has 122 valence electrons. The average Bonchev–Trinajstić information content (AvgIpc) is 3.00. The summed E-state index contributed by atoms with van der Waals surface area (Å²) in [4.78, 5) is 16.1. The molecular formula is C17H14FN3O3. The molecule has 3 aromatic rings. The molecule has 2 aromatic carbocycles. The van der Waals surface area contributed by atoms with Crippen LogP contribution in [0, 0.1) is 12.7 Å². The summed E-state index contributed by atoms with van der Waals surface area (Å²) in [6, 6.07) is 12.3. The van der Waals surface area contributed by atoms with Gasteiger partial charge in [-0.05, 0) is 49.4 Å². The van der Waals surface area contributed by atoms with Gasteiger partial charge in [-0.3, -0.25) is 4.79 Å². The van der Waals surface area contributed by atoms with Gasteiger partial charge in [0.1, 0.15) is 11.6 Å². The molecule has 0 aliphatic rings. The Morgan fingerprint density at radius 3 is 2.71 bits per heavy atom. The third kappa shape index (κ3) is 3.95. The Morgan fingerprint density at radius 2 is 2.04 bits per heavy atom. The van der Waals surface area contributed by atoms with Gasteiger partial charge in [0, 0.05) is 11.3 Å². The molecule has 0 aliphatic carbocycles. The first kappa shape index (κ1) is 15.7. The third-order valence-electron chi connectivity index (χ3n) is 3.13. The van der Waals surface area contributed by atoms with E-state index in [1.54, 1.807) is 37.3 Å². The van der Waals surface area contributed by atoms with Crippen LogP contribution in [0.25, 0.3) is 0 Å². The first-order valence-electron chi connectivity index (χ1n) is 7.19. The highest BCUT2D eigenvalue weighted by Gasteiger charge is 2.07. The maximum absolute atomic E-state index is 13.1. The van der Waals surface area contributed by atoms with Gasteiger partial charge in [-0.15, -0.1) is 0 Å². The minimum absolute atomic E-state index is 0.163.